The van der Waals surface area contributed by atoms with Gasteiger partial charge in [0.1, 0.15) is 0 Å². The van der Waals surface area contributed by atoms with Crippen LogP contribution in [0.2, 0.25) is 0 Å². The molecule has 0 aromatic heterocycles. The lowest BCUT2D eigenvalue weighted by atomic mass is 9.87. The van der Waals surface area contributed by atoms with E-state index in [4.69, 9.17) is 9.47 Å². The maximum absolute atomic E-state index is 6.12. The molecule has 1 saturated heterocycles. The Morgan fingerprint density at radius 2 is 1.78 bits per heavy atom. The summed E-state index contributed by atoms with van der Waals surface area (Å²) >= 11 is 0. The Labute approximate surface area is 141 Å². The predicted molar refractivity (Wildman–Crippen MR) is 97.3 cm³/mol. The van der Waals surface area contributed by atoms with Crippen molar-refractivity contribution in [3.8, 4) is 0 Å². The molecule has 0 amide bonds. The topological polar surface area (TPSA) is 18.5 Å². The molecule has 2 nitrogen and oxygen atoms in total. The minimum Gasteiger partial charge on any atom is -0.348 e. The highest BCUT2D eigenvalue weighted by Gasteiger charge is 2.33. The van der Waals surface area contributed by atoms with Gasteiger partial charge in [0.05, 0.1) is 13.2 Å². The quantitative estimate of drug-likeness (QED) is 0.562. The van der Waals surface area contributed by atoms with E-state index in [1.807, 2.05) is 0 Å². The van der Waals surface area contributed by atoms with Crippen molar-refractivity contribution in [1.82, 2.24) is 0 Å². The first-order valence-corrected chi connectivity index (χ1v) is 9.15. The summed E-state index contributed by atoms with van der Waals surface area (Å²) < 4.78 is 12.2. The third-order valence-electron chi connectivity index (χ3n) is 4.54. The molecule has 23 heavy (non-hydrogen) atoms. The van der Waals surface area contributed by atoms with Gasteiger partial charge in [0, 0.05) is 5.41 Å². The molecule has 0 radical (unpaired) electrons. The molecular weight excluding hydrogens is 284 g/mol. The zero-order valence-electron chi connectivity index (χ0n) is 15.0. The van der Waals surface area contributed by atoms with Crippen LogP contribution in [0.25, 0.3) is 6.08 Å². The third-order valence-corrected chi connectivity index (χ3v) is 4.54. The van der Waals surface area contributed by atoms with Crippen LogP contribution in [0.15, 0.2) is 35.9 Å². The van der Waals surface area contributed by atoms with Gasteiger partial charge in [-0.05, 0) is 30.4 Å². The molecule has 0 bridgehead atoms. The molecule has 1 aliphatic rings. The largest absolute Gasteiger partial charge is 0.348 e. The van der Waals surface area contributed by atoms with Crippen molar-refractivity contribution in [2.45, 2.75) is 65.6 Å². The standard InChI is InChI=1S/C21H32O2/c1-4-6-8-13-19(15-18-11-9-7-10-12-18)20-22-16-21(3,14-5-2)17-23-20/h7,9-12,15,20H,4-6,8,13-14,16-17H2,1-3H3. The highest BCUT2D eigenvalue weighted by Crippen LogP contribution is 2.32. The van der Waals surface area contributed by atoms with E-state index in [1.54, 1.807) is 0 Å². The SMILES string of the molecule is CCCCCC(=Cc1ccccc1)C1OCC(C)(CCC)CO1. The summed E-state index contributed by atoms with van der Waals surface area (Å²) in [6.45, 7) is 8.33. The molecule has 0 aliphatic carbocycles. The monoisotopic (exact) mass is 316 g/mol. The summed E-state index contributed by atoms with van der Waals surface area (Å²) in [4.78, 5) is 0. The molecule has 0 N–H and O–H groups in total. The second kappa shape index (κ2) is 9.24. The van der Waals surface area contributed by atoms with Crippen LogP contribution in [0.4, 0.5) is 0 Å². The molecule has 1 heterocycles. The molecule has 128 valence electrons. The van der Waals surface area contributed by atoms with E-state index in [-0.39, 0.29) is 11.7 Å². The van der Waals surface area contributed by atoms with Gasteiger partial charge in [-0.2, -0.15) is 0 Å². The van der Waals surface area contributed by atoms with E-state index in [9.17, 15) is 0 Å². The average Bonchev–Trinajstić information content (AvgIpc) is 2.56. The maximum Gasteiger partial charge on any atom is 0.180 e. The lowest BCUT2D eigenvalue weighted by Crippen LogP contribution is -2.40. The molecule has 1 aromatic carbocycles. The van der Waals surface area contributed by atoms with E-state index in [0.717, 1.165) is 26.1 Å². The predicted octanol–water partition coefficient (Wildman–Crippen LogP) is 5.83. The van der Waals surface area contributed by atoms with Crippen LogP contribution in [0, 0.1) is 5.41 Å². The van der Waals surface area contributed by atoms with Gasteiger partial charge in [0.25, 0.3) is 0 Å². The molecule has 2 heteroatoms. The van der Waals surface area contributed by atoms with Crippen LogP contribution in [-0.4, -0.2) is 19.5 Å². The number of hydrogen-bond donors (Lipinski definition) is 0. The molecule has 0 unspecified atom stereocenters. The summed E-state index contributed by atoms with van der Waals surface area (Å²) in [7, 11) is 0. The first kappa shape index (κ1) is 18.2. The molecule has 1 aliphatic heterocycles. The van der Waals surface area contributed by atoms with E-state index >= 15 is 0 Å². The first-order chi connectivity index (χ1) is 11.2. The van der Waals surface area contributed by atoms with Crippen LogP contribution < -0.4 is 0 Å². The van der Waals surface area contributed by atoms with Crippen LogP contribution >= 0.6 is 0 Å². The summed E-state index contributed by atoms with van der Waals surface area (Å²) in [5.74, 6) is 0. The van der Waals surface area contributed by atoms with Crippen LogP contribution in [-0.2, 0) is 9.47 Å². The summed E-state index contributed by atoms with van der Waals surface area (Å²) in [5.41, 5.74) is 2.68. The molecular formula is C21H32O2. The second-order valence-electron chi connectivity index (χ2n) is 7.10. The van der Waals surface area contributed by atoms with Gasteiger partial charge in [-0.1, -0.05) is 76.4 Å². The van der Waals surface area contributed by atoms with E-state index < -0.39 is 0 Å². The van der Waals surface area contributed by atoms with Gasteiger partial charge < -0.3 is 9.47 Å². The molecule has 0 spiro atoms. The fourth-order valence-electron chi connectivity index (χ4n) is 3.21. The number of rotatable bonds is 8. The number of ether oxygens (including phenoxy) is 2. The highest BCUT2D eigenvalue weighted by atomic mass is 16.7. The summed E-state index contributed by atoms with van der Waals surface area (Å²) in [6.07, 6.45) is 9.17. The number of benzene rings is 1. The Balaban J connectivity index is 2.04. The first-order valence-electron chi connectivity index (χ1n) is 9.15. The van der Waals surface area contributed by atoms with Crippen molar-refractivity contribution in [2.24, 2.45) is 5.41 Å². The summed E-state index contributed by atoms with van der Waals surface area (Å²) in [5, 5.41) is 0. The summed E-state index contributed by atoms with van der Waals surface area (Å²) in [6, 6.07) is 10.5. The molecule has 2 rings (SSSR count). The molecule has 0 saturated carbocycles. The highest BCUT2D eigenvalue weighted by molar-refractivity contribution is 5.53. The normalized spacial score (nSPS) is 25.5. The minimum absolute atomic E-state index is 0.169. The number of unbranched alkanes of at least 4 members (excludes halogenated alkanes) is 2. The lowest BCUT2D eigenvalue weighted by molar-refractivity contribution is -0.209. The van der Waals surface area contributed by atoms with E-state index in [2.05, 4.69) is 57.2 Å². The van der Waals surface area contributed by atoms with Crippen molar-refractivity contribution >= 4 is 6.08 Å². The van der Waals surface area contributed by atoms with Gasteiger partial charge in [-0.25, -0.2) is 0 Å². The van der Waals surface area contributed by atoms with Crippen LogP contribution in [0.5, 0.6) is 0 Å². The maximum atomic E-state index is 6.12. The molecule has 1 fully saturated rings. The van der Waals surface area contributed by atoms with E-state index in [0.29, 0.717) is 0 Å². The van der Waals surface area contributed by atoms with Gasteiger partial charge >= 0.3 is 0 Å². The van der Waals surface area contributed by atoms with Crippen molar-refractivity contribution in [1.29, 1.82) is 0 Å². The molecule has 0 atom stereocenters. The van der Waals surface area contributed by atoms with Gasteiger partial charge in [-0.15, -0.1) is 0 Å². The van der Waals surface area contributed by atoms with Gasteiger partial charge in [0.15, 0.2) is 6.29 Å². The smallest absolute Gasteiger partial charge is 0.180 e. The zero-order chi connectivity index (χ0) is 16.5. The van der Waals surface area contributed by atoms with Crippen molar-refractivity contribution < 1.29 is 9.47 Å². The van der Waals surface area contributed by atoms with E-state index in [1.165, 1.54) is 36.8 Å². The Morgan fingerprint density at radius 1 is 1.09 bits per heavy atom. The van der Waals surface area contributed by atoms with Crippen LogP contribution in [0.1, 0.15) is 64.9 Å². The van der Waals surface area contributed by atoms with Crippen molar-refractivity contribution in [3.63, 3.8) is 0 Å². The minimum atomic E-state index is -0.169. The number of hydrogen-bond acceptors (Lipinski definition) is 2. The Hall–Kier alpha value is -1.12. The van der Waals surface area contributed by atoms with Crippen molar-refractivity contribution in [3.05, 3.63) is 41.5 Å². The van der Waals surface area contributed by atoms with Gasteiger partial charge in [-0.3, -0.25) is 0 Å². The second-order valence-corrected chi connectivity index (χ2v) is 7.10. The average molecular weight is 316 g/mol. The fourth-order valence-corrected chi connectivity index (χ4v) is 3.21. The zero-order valence-corrected chi connectivity index (χ0v) is 15.0. The Bertz CT molecular complexity index is 470. The Kier molecular flexibility index (Phi) is 7.32. The Morgan fingerprint density at radius 3 is 2.39 bits per heavy atom. The lowest BCUT2D eigenvalue weighted by Gasteiger charge is -2.38. The molecule has 1 aromatic rings. The van der Waals surface area contributed by atoms with Crippen molar-refractivity contribution in [2.75, 3.05) is 13.2 Å². The fraction of sp³-hybridized carbons (Fsp3) is 0.619. The van der Waals surface area contributed by atoms with Gasteiger partial charge in [0.2, 0.25) is 0 Å². The van der Waals surface area contributed by atoms with Crippen LogP contribution in [0.3, 0.4) is 0 Å². The third kappa shape index (κ3) is 5.78.